The van der Waals surface area contributed by atoms with E-state index in [4.69, 9.17) is 14.5 Å². The van der Waals surface area contributed by atoms with Crippen LogP contribution in [0, 0.1) is 6.92 Å². The summed E-state index contributed by atoms with van der Waals surface area (Å²) in [4.78, 5) is 22.4. The Balaban J connectivity index is 1.61. The standard InChI is InChI=1S/C23H27N3O3S/c1-17-9-10-19(28-2)20-21(17)30-23(24-20)26(22(27)18-7-4-3-5-8-18)12-6-11-25-13-15-29-16-14-25/h3-5,7-10H,6,11-16H2,1-2H3. The van der Waals surface area contributed by atoms with Crippen LogP contribution in [0.1, 0.15) is 22.3 Å². The first-order valence-electron chi connectivity index (χ1n) is 10.3. The number of carbonyl (C=O) groups excluding carboxylic acids is 1. The summed E-state index contributed by atoms with van der Waals surface area (Å²) in [6, 6.07) is 13.4. The van der Waals surface area contributed by atoms with Crippen molar-refractivity contribution < 1.29 is 14.3 Å². The second-order valence-corrected chi connectivity index (χ2v) is 8.37. The van der Waals surface area contributed by atoms with Crippen molar-refractivity contribution in [2.75, 3.05) is 51.4 Å². The van der Waals surface area contributed by atoms with Crippen molar-refractivity contribution in [2.24, 2.45) is 0 Å². The number of hydrogen-bond donors (Lipinski definition) is 0. The van der Waals surface area contributed by atoms with E-state index in [1.807, 2.05) is 47.4 Å². The Morgan fingerprint density at radius 3 is 2.70 bits per heavy atom. The Bertz CT molecular complexity index is 1000. The Morgan fingerprint density at radius 1 is 1.20 bits per heavy atom. The summed E-state index contributed by atoms with van der Waals surface area (Å²) in [5.74, 6) is 0.715. The summed E-state index contributed by atoms with van der Waals surface area (Å²) in [5.41, 5.74) is 2.62. The number of methoxy groups -OCH3 is 1. The van der Waals surface area contributed by atoms with Crippen LogP contribution in [0.4, 0.5) is 5.13 Å². The van der Waals surface area contributed by atoms with Gasteiger partial charge in [-0.3, -0.25) is 14.6 Å². The third-order valence-electron chi connectivity index (χ3n) is 5.37. The van der Waals surface area contributed by atoms with Gasteiger partial charge in [-0.15, -0.1) is 0 Å². The van der Waals surface area contributed by atoms with Gasteiger partial charge in [-0.05, 0) is 37.1 Å². The number of amides is 1. The van der Waals surface area contributed by atoms with Crippen LogP contribution in [-0.4, -0.2) is 62.3 Å². The molecule has 6 nitrogen and oxygen atoms in total. The fraction of sp³-hybridized carbons (Fsp3) is 0.391. The van der Waals surface area contributed by atoms with Crippen LogP contribution in [0.2, 0.25) is 0 Å². The van der Waals surface area contributed by atoms with Gasteiger partial charge in [0.15, 0.2) is 5.13 Å². The van der Waals surface area contributed by atoms with Crippen molar-refractivity contribution in [1.82, 2.24) is 9.88 Å². The molecule has 1 fully saturated rings. The summed E-state index contributed by atoms with van der Waals surface area (Å²) in [6.07, 6.45) is 0.880. The van der Waals surface area contributed by atoms with E-state index in [-0.39, 0.29) is 5.91 Å². The fourth-order valence-electron chi connectivity index (χ4n) is 3.68. The lowest BCUT2D eigenvalue weighted by atomic mass is 10.2. The molecule has 1 saturated heterocycles. The third kappa shape index (κ3) is 4.48. The maximum atomic E-state index is 13.4. The molecule has 0 saturated carbocycles. The monoisotopic (exact) mass is 425 g/mol. The van der Waals surface area contributed by atoms with E-state index in [1.165, 1.54) is 0 Å². The van der Waals surface area contributed by atoms with Crippen LogP contribution in [0.15, 0.2) is 42.5 Å². The van der Waals surface area contributed by atoms with Crippen molar-refractivity contribution in [3.8, 4) is 5.75 Å². The van der Waals surface area contributed by atoms with E-state index in [0.29, 0.717) is 17.2 Å². The molecule has 4 rings (SSSR count). The number of aryl methyl sites for hydroxylation is 1. The summed E-state index contributed by atoms with van der Waals surface area (Å²) in [5, 5.41) is 0.716. The molecule has 0 unspecified atom stereocenters. The van der Waals surface area contributed by atoms with E-state index in [0.717, 1.165) is 60.8 Å². The molecule has 3 aromatic rings. The molecule has 0 N–H and O–H groups in total. The number of carbonyl (C=O) groups is 1. The van der Waals surface area contributed by atoms with Crippen molar-refractivity contribution >= 4 is 32.6 Å². The van der Waals surface area contributed by atoms with Gasteiger partial charge in [-0.1, -0.05) is 35.6 Å². The van der Waals surface area contributed by atoms with Gasteiger partial charge in [-0.2, -0.15) is 0 Å². The maximum Gasteiger partial charge on any atom is 0.260 e. The van der Waals surface area contributed by atoms with Crippen molar-refractivity contribution in [3.63, 3.8) is 0 Å². The van der Waals surface area contributed by atoms with Crippen LogP contribution in [0.5, 0.6) is 5.75 Å². The minimum Gasteiger partial charge on any atom is -0.494 e. The zero-order valence-electron chi connectivity index (χ0n) is 17.5. The van der Waals surface area contributed by atoms with Gasteiger partial charge in [0.2, 0.25) is 0 Å². The molecule has 2 heterocycles. The van der Waals surface area contributed by atoms with Gasteiger partial charge >= 0.3 is 0 Å². The second-order valence-electron chi connectivity index (χ2n) is 7.39. The van der Waals surface area contributed by atoms with E-state index < -0.39 is 0 Å². The van der Waals surface area contributed by atoms with Gasteiger partial charge in [0.05, 0.1) is 25.0 Å². The van der Waals surface area contributed by atoms with Gasteiger partial charge in [0.1, 0.15) is 11.3 Å². The topological polar surface area (TPSA) is 54.9 Å². The molecule has 158 valence electrons. The van der Waals surface area contributed by atoms with Crippen LogP contribution in [0.3, 0.4) is 0 Å². The molecule has 7 heteroatoms. The Morgan fingerprint density at radius 2 is 1.97 bits per heavy atom. The second kappa shape index (κ2) is 9.55. The van der Waals surface area contributed by atoms with E-state index in [9.17, 15) is 4.79 Å². The number of fused-ring (bicyclic) bond motifs is 1. The minimum atomic E-state index is -0.0201. The summed E-state index contributed by atoms with van der Waals surface area (Å²) in [7, 11) is 1.65. The molecule has 30 heavy (non-hydrogen) atoms. The number of ether oxygens (including phenoxy) is 2. The number of anilines is 1. The van der Waals surface area contributed by atoms with Gasteiger partial charge < -0.3 is 9.47 Å². The summed E-state index contributed by atoms with van der Waals surface area (Å²) in [6.45, 7) is 7.08. The molecule has 2 aromatic carbocycles. The minimum absolute atomic E-state index is 0.0201. The van der Waals surface area contributed by atoms with E-state index in [2.05, 4.69) is 11.8 Å². The van der Waals surface area contributed by atoms with E-state index in [1.54, 1.807) is 18.4 Å². The van der Waals surface area contributed by atoms with Crippen LogP contribution in [-0.2, 0) is 4.74 Å². The van der Waals surface area contributed by atoms with Gasteiger partial charge in [0, 0.05) is 31.7 Å². The molecule has 1 amide bonds. The molecular formula is C23H27N3O3S. The molecule has 1 aliphatic heterocycles. The number of hydrogen-bond acceptors (Lipinski definition) is 6. The number of morpholine rings is 1. The molecule has 0 spiro atoms. The van der Waals surface area contributed by atoms with Crippen LogP contribution < -0.4 is 9.64 Å². The lowest BCUT2D eigenvalue weighted by Gasteiger charge is -2.27. The molecule has 1 aromatic heterocycles. The molecule has 0 atom stereocenters. The number of rotatable bonds is 7. The third-order valence-corrected chi connectivity index (χ3v) is 6.58. The number of nitrogens with zero attached hydrogens (tertiary/aromatic N) is 3. The largest absolute Gasteiger partial charge is 0.494 e. The highest BCUT2D eigenvalue weighted by atomic mass is 32.1. The lowest BCUT2D eigenvalue weighted by molar-refractivity contribution is 0.0376. The molecule has 1 aliphatic rings. The Kier molecular flexibility index (Phi) is 6.62. The zero-order valence-corrected chi connectivity index (χ0v) is 18.3. The highest BCUT2D eigenvalue weighted by Crippen LogP contribution is 2.36. The van der Waals surface area contributed by atoms with Crippen molar-refractivity contribution in [1.29, 1.82) is 0 Å². The highest BCUT2D eigenvalue weighted by molar-refractivity contribution is 7.22. The normalized spacial score (nSPS) is 14.7. The summed E-state index contributed by atoms with van der Waals surface area (Å²) >= 11 is 1.55. The number of thiazole rings is 1. The predicted octanol–water partition coefficient (Wildman–Crippen LogP) is 3.98. The average molecular weight is 426 g/mol. The average Bonchev–Trinajstić information content (AvgIpc) is 3.24. The van der Waals surface area contributed by atoms with Gasteiger partial charge in [0.25, 0.3) is 5.91 Å². The first kappa shape index (κ1) is 20.8. The van der Waals surface area contributed by atoms with E-state index >= 15 is 0 Å². The summed E-state index contributed by atoms with van der Waals surface area (Å²) < 4.78 is 12.0. The van der Waals surface area contributed by atoms with Gasteiger partial charge in [-0.25, -0.2) is 4.98 Å². The first-order valence-corrected chi connectivity index (χ1v) is 11.1. The van der Waals surface area contributed by atoms with Crippen LogP contribution >= 0.6 is 11.3 Å². The smallest absolute Gasteiger partial charge is 0.260 e. The highest BCUT2D eigenvalue weighted by Gasteiger charge is 2.23. The predicted molar refractivity (Wildman–Crippen MR) is 121 cm³/mol. The number of aromatic nitrogens is 1. The molecule has 0 bridgehead atoms. The Labute approximate surface area is 181 Å². The van der Waals surface area contributed by atoms with Crippen LogP contribution in [0.25, 0.3) is 10.2 Å². The maximum absolute atomic E-state index is 13.4. The zero-order chi connectivity index (χ0) is 20.9. The lowest BCUT2D eigenvalue weighted by Crippen LogP contribution is -2.39. The van der Waals surface area contributed by atoms with Crippen molar-refractivity contribution in [2.45, 2.75) is 13.3 Å². The SMILES string of the molecule is COc1ccc(C)c2sc(N(CCCN3CCOCC3)C(=O)c3ccccc3)nc12. The fourth-order valence-corrected chi connectivity index (χ4v) is 4.75. The first-order chi connectivity index (χ1) is 14.7. The quantitative estimate of drug-likeness (QED) is 0.573. The number of benzene rings is 2. The molecule has 0 radical (unpaired) electrons. The Hall–Kier alpha value is -2.48. The molecular weight excluding hydrogens is 398 g/mol. The van der Waals surface area contributed by atoms with Crippen molar-refractivity contribution in [3.05, 3.63) is 53.6 Å². The molecule has 0 aliphatic carbocycles.